The van der Waals surface area contributed by atoms with Crippen molar-refractivity contribution in [3.63, 3.8) is 0 Å². The zero-order chi connectivity index (χ0) is 14.4. The lowest BCUT2D eigenvalue weighted by Gasteiger charge is -2.21. The molecule has 0 bridgehead atoms. The first-order valence-corrected chi connectivity index (χ1v) is 7.47. The van der Waals surface area contributed by atoms with Crippen LogP contribution < -0.4 is 0 Å². The van der Waals surface area contributed by atoms with Crippen LogP contribution in [0.2, 0.25) is 0 Å². The first-order chi connectivity index (χ1) is 9.69. The molecule has 112 valence electrons. The molecule has 0 amide bonds. The molecular weight excluding hydrogens is 254 g/mol. The van der Waals surface area contributed by atoms with Crippen molar-refractivity contribution in [2.45, 2.75) is 50.7 Å². The topological polar surface area (TPSA) is 69.5 Å². The predicted octanol–water partition coefficient (Wildman–Crippen LogP) is 1.31. The number of aromatic nitrogens is 2. The van der Waals surface area contributed by atoms with E-state index in [4.69, 9.17) is 5.11 Å². The van der Waals surface area contributed by atoms with Gasteiger partial charge in [-0.25, -0.2) is 9.97 Å². The number of aliphatic hydroxyl groups excluding tert-OH is 2. The summed E-state index contributed by atoms with van der Waals surface area (Å²) in [7, 11) is 1.91. The Bertz CT molecular complexity index is 391. The highest BCUT2D eigenvalue weighted by Crippen LogP contribution is 2.30. The first kappa shape index (κ1) is 15.4. The minimum absolute atomic E-state index is 0.207. The maximum Gasteiger partial charge on any atom is 0.131 e. The number of rotatable bonds is 6. The van der Waals surface area contributed by atoms with Gasteiger partial charge >= 0.3 is 0 Å². The number of hydrogen-bond donors (Lipinski definition) is 2. The highest BCUT2D eigenvalue weighted by molar-refractivity contribution is 5.08. The molecule has 1 atom stereocenters. The number of hydrogen-bond acceptors (Lipinski definition) is 5. The van der Waals surface area contributed by atoms with E-state index < -0.39 is 6.10 Å². The lowest BCUT2D eigenvalue weighted by atomic mass is 9.89. The summed E-state index contributed by atoms with van der Waals surface area (Å²) in [4.78, 5) is 11.0. The zero-order valence-electron chi connectivity index (χ0n) is 12.2. The van der Waals surface area contributed by atoms with Crippen molar-refractivity contribution >= 4 is 0 Å². The fourth-order valence-corrected chi connectivity index (χ4v) is 2.81. The molecule has 5 nitrogen and oxygen atoms in total. The zero-order valence-corrected chi connectivity index (χ0v) is 12.2. The summed E-state index contributed by atoms with van der Waals surface area (Å²) in [6, 6.07) is 0. The number of aliphatic hydroxyl groups is 2. The van der Waals surface area contributed by atoms with E-state index in [9.17, 15) is 5.11 Å². The Kier molecular flexibility index (Phi) is 5.88. The third kappa shape index (κ3) is 4.51. The van der Waals surface area contributed by atoms with E-state index in [0.29, 0.717) is 19.0 Å². The summed E-state index contributed by atoms with van der Waals surface area (Å²) >= 11 is 0. The average Bonchev–Trinajstić information content (AvgIpc) is 2.48. The lowest BCUT2D eigenvalue weighted by Crippen LogP contribution is -2.31. The van der Waals surface area contributed by atoms with Gasteiger partial charge in [-0.15, -0.1) is 0 Å². The van der Waals surface area contributed by atoms with Gasteiger partial charge in [0.1, 0.15) is 5.82 Å². The van der Waals surface area contributed by atoms with Crippen LogP contribution in [0.5, 0.6) is 0 Å². The van der Waals surface area contributed by atoms with Gasteiger partial charge in [0.15, 0.2) is 0 Å². The number of likely N-dealkylation sites (N-methyl/N-ethyl adjacent to an activating group) is 1. The van der Waals surface area contributed by atoms with Gasteiger partial charge in [-0.1, -0.05) is 19.3 Å². The van der Waals surface area contributed by atoms with E-state index in [1.54, 1.807) is 0 Å². The van der Waals surface area contributed by atoms with Crippen LogP contribution in [-0.4, -0.2) is 51.4 Å². The second-order valence-electron chi connectivity index (χ2n) is 5.82. The molecule has 1 aliphatic carbocycles. The van der Waals surface area contributed by atoms with Gasteiger partial charge in [0.05, 0.1) is 12.7 Å². The smallest absolute Gasteiger partial charge is 0.131 e. The molecule has 1 aromatic rings. The van der Waals surface area contributed by atoms with Crippen molar-refractivity contribution < 1.29 is 10.2 Å². The molecule has 0 saturated heterocycles. The molecule has 5 heteroatoms. The fourth-order valence-electron chi connectivity index (χ4n) is 2.81. The second kappa shape index (κ2) is 7.67. The van der Waals surface area contributed by atoms with Crippen LogP contribution in [0.1, 0.15) is 49.4 Å². The molecular formula is C15H25N3O2. The quantitative estimate of drug-likeness (QED) is 0.821. The number of nitrogens with zero attached hydrogens (tertiary/aromatic N) is 3. The van der Waals surface area contributed by atoms with Gasteiger partial charge in [-0.3, -0.25) is 4.90 Å². The third-order valence-corrected chi connectivity index (χ3v) is 3.88. The Hall–Kier alpha value is -1.04. The third-order valence-electron chi connectivity index (χ3n) is 3.88. The highest BCUT2D eigenvalue weighted by Gasteiger charge is 2.17. The summed E-state index contributed by atoms with van der Waals surface area (Å²) in [5.74, 6) is 1.51. The minimum Gasteiger partial charge on any atom is -0.394 e. The molecule has 1 heterocycles. The Balaban J connectivity index is 1.87. The molecule has 1 saturated carbocycles. The van der Waals surface area contributed by atoms with Crippen LogP contribution in [0.3, 0.4) is 0 Å². The van der Waals surface area contributed by atoms with E-state index in [2.05, 4.69) is 9.97 Å². The molecule has 0 spiro atoms. The SMILES string of the molecule is CN(Cc1cnc(C2CCCCC2)nc1)C[C@H](O)CO. The van der Waals surface area contributed by atoms with Crippen LogP contribution in [0, 0.1) is 0 Å². The standard InChI is InChI=1S/C15H25N3O2/c1-18(10-14(20)11-19)9-12-7-16-15(17-8-12)13-5-3-2-4-6-13/h7-8,13-14,19-20H,2-6,9-11H2,1H3/t14-/m0/s1. The molecule has 1 fully saturated rings. The van der Waals surface area contributed by atoms with Crippen molar-refractivity contribution in [1.82, 2.24) is 14.9 Å². The molecule has 1 aromatic heterocycles. The molecule has 0 aliphatic heterocycles. The Morgan fingerprint density at radius 1 is 1.25 bits per heavy atom. The second-order valence-corrected chi connectivity index (χ2v) is 5.82. The van der Waals surface area contributed by atoms with Crippen LogP contribution in [-0.2, 0) is 6.54 Å². The fraction of sp³-hybridized carbons (Fsp3) is 0.733. The lowest BCUT2D eigenvalue weighted by molar-refractivity contribution is 0.0647. The monoisotopic (exact) mass is 279 g/mol. The minimum atomic E-state index is -0.692. The van der Waals surface area contributed by atoms with E-state index in [1.165, 1.54) is 32.1 Å². The van der Waals surface area contributed by atoms with Gasteiger partial charge in [-0.05, 0) is 19.9 Å². The van der Waals surface area contributed by atoms with E-state index in [0.717, 1.165) is 11.4 Å². The normalized spacial score (nSPS) is 18.4. The maximum atomic E-state index is 9.40. The van der Waals surface area contributed by atoms with Gasteiger partial charge in [0.2, 0.25) is 0 Å². The first-order valence-electron chi connectivity index (χ1n) is 7.47. The molecule has 0 radical (unpaired) electrons. The van der Waals surface area contributed by atoms with E-state index in [-0.39, 0.29) is 6.61 Å². The van der Waals surface area contributed by atoms with Gasteiger partial charge in [-0.2, -0.15) is 0 Å². The molecule has 1 aliphatic rings. The molecule has 0 unspecified atom stereocenters. The maximum absolute atomic E-state index is 9.40. The molecule has 0 aromatic carbocycles. The van der Waals surface area contributed by atoms with E-state index >= 15 is 0 Å². The van der Waals surface area contributed by atoms with Crippen LogP contribution in [0.4, 0.5) is 0 Å². The summed E-state index contributed by atoms with van der Waals surface area (Å²) in [5, 5.41) is 18.2. The summed E-state index contributed by atoms with van der Waals surface area (Å²) in [5.41, 5.74) is 1.04. The predicted molar refractivity (Wildman–Crippen MR) is 77.3 cm³/mol. The van der Waals surface area contributed by atoms with Crippen molar-refractivity contribution in [2.24, 2.45) is 0 Å². The highest BCUT2D eigenvalue weighted by atomic mass is 16.3. The summed E-state index contributed by atoms with van der Waals surface area (Å²) < 4.78 is 0. The van der Waals surface area contributed by atoms with Gasteiger partial charge in [0, 0.05) is 37.0 Å². The van der Waals surface area contributed by atoms with Crippen molar-refractivity contribution in [3.05, 3.63) is 23.8 Å². The Morgan fingerprint density at radius 2 is 1.90 bits per heavy atom. The summed E-state index contributed by atoms with van der Waals surface area (Å²) in [6.07, 6.45) is 9.42. The molecule has 2 rings (SSSR count). The van der Waals surface area contributed by atoms with Crippen LogP contribution in [0.15, 0.2) is 12.4 Å². The van der Waals surface area contributed by atoms with Crippen LogP contribution in [0.25, 0.3) is 0 Å². The van der Waals surface area contributed by atoms with E-state index in [1.807, 2.05) is 24.3 Å². The summed E-state index contributed by atoms with van der Waals surface area (Å²) in [6.45, 7) is 0.921. The van der Waals surface area contributed by atoms with Gasteiger partial charge < -0.3 is 10.2 Å². The Labute approximate surface area is 120 Å². The molecule has 2 N–H and O–H groups in total. The largest absolute Gasteiger partial charge is 0.394 e. The van der Waals surface area contributed by atoms with Crippen molar-refractivity contribution in [3.8, 4) is 0 Å². The van der Waals surface area contributed by atoms with Crippen molar-refractivity contribution in [1.29, 1.82) is 0 Å². The van der Waals surface area contributed by atoms with Gasteiger partial charge in [0.25, 0.3) is 0 Å². The molecule has 20 heavy (non-hydrogen) atoms. The Morgan fingerprint density at radius 3 is 2.50 bits per heavy atom. The van der Waals surface area contributed by atoms with Crippen LogP contribution >= 0.6 is 0 Å². The average molecular weight is 279 g/mol. The van der Waals surface area contributed by atoms with Crippen molar-refractivity contribution in [2.75, 3.05) is 20.2 Å².